The summed E-state index contributed by atoms with van der Waals surface area (Å²) in [6.07, 6.45) is 6.17. The molecule has 212 valence electrons. The molecule has 2 aliphatic heterocycles. The number of hydrogen-bond donors (Lipinski definition) is 2. The molecule has 2 fully saturated rings. The van der Waals surface area contributed by atoms with Crippen LogP contribution in [-0.2, 0) is 4.74 Å². The van der Waals surface area contributed by atoms with Crippen LogP contribution in [0.2, 0.25) is 0 Å². The molecule has 2 bridgehead atoms. The van der Waals surface area contributed by atoms with Gasteiger partial charge < -0.3 is 0 Å². The van der Waals surface area contributed by atoms with Gasteiger partial charge in [-0.25, -0.2) is 0 Å². The van der Waals surface area contributed by atoms with Gasteiger partial charge in [-0.05, 0) is 0 Å². The first-order valence-electron chi connectivity index (χ1n) is 13.1. The Hall–Kier alpha value is -3.32. The number of esters is 1. The van der Waals surface area contributed by atoms with E-state index in [0.717, 1.165) is 24.9 Å². The summed E-state index contributed by atoms with van der Waals surface area (Å²) in [4.78, 5) is 14.2. The molecule has 2 aliphatic rings. The molecule has 2 saturated heterocycles. The van der Waals surface area contributed by atoms with Gasteiger partial charge in [0.2, 0.25) is 0 Å². The SMILES string of the molecule is COC(=O)c1ccc(NCC#Cc2cc3c(N[C@@H]4CC[C@@H]5CC[C@H]4N5C)cccn3c2[Se]C(F)(F)F)c(OC)c1. The van der Waals surface area contributed by atoms with Crippen molar-refractivity contribution in [2.24, 2.45) is 0 Å². The summed E-state index contributed by atoms with van der Waals surface area (Å²) >= 11 is -1.77. The molecule has 5 rings (SSSR count). The molecule has 0 spiro atoms. The van der Waals surface area contributed by atoms with Gasteiger partial charge in [0.05, 0.1) is 7.11 Å². The normalized spacial score (nSPS) is 20.6. The standard InChI is InChI=1S/C29H31F3N4O3Se/c1-35-20-9-12-22(24(35)13-10-20)34-21-7-5-15-36-25(21)16-18(27(36)40-29(30,31)32)6-4-14-33-23-11-8-19(28(37)39-3)17-26(23)38-2/h5,7-8,11,15-17,20,22,24,33-34H,9-10,12-14H2,1-3H3/t20-,22-,24-/m1/s1. The summed E-state index contributed by atoms with van der Waals surface area (Å²) in [7, 11) is 4.95. The fraction of sp³-hybridized carbons (Fsp3) is 0.414. The second-order valence-electron chi connectivity index (χ2n) is 9.94. The molecule has 2 aromatic heterocycles. The van der Waals surface area contributed by atoms with Gasteiger partial charge >= 0.3 is 231 Å². The molecule has 0 aliphatic carbocycles. The zero-order valence-electron chi connectivity index (χ0n) is 22.5. The quantitative estimate of drug-likeness (QED) is 0.236. The number of benzene rings is 1. The molecule has 1 aromatic carbocycles. The van der Waals surface area contributed by atoms with Crippen molar-refractivity contribution in [2.75, 3.05) is 38.4 Å². The van der Waals surface area contributed by atoms with Crippen molar-refractivity contribution in [3.8, 4) is 17.6 Å². The van der Waals surface area contributed by atoms with E-state index in [-0.39, 0.29) is 17.2 Å². The van der Waals surface area contributed by atoms with Crippen molar-refractivity contribution in [2.45, 2.75) is 48.9 Å². The Bertz CT molecular complexity index is 1460. The van der Waals surface area contributed by atoms with E-state index in [4.69, 9.17) is 9.47 Å². The average Bonchev–Trinajstić information content (AvgIpc) is 3.38. The number of nitrogens with one attached hydrogen (secondary N) is 2. The van der Waals surface area contributed by atoms with E-state index in [1.807, 2.05) is 6.07 Å². The zero-order chi connectivity index (χ0) is 28.4. The summed E-state index contributed by atoms with van der Waals surface area (Å²) in [5.74, 6) is 5.87. The number of hydrogen-bond acceptors (Lipinski definition) is 6. The number of ether oxygens (including phenoxy) is 2. The summed E-state index contributed by atoms with van der Waals surface area (Å²) in [6.45, 7) is 0.168. The van der Waals surface area contributed by atoms with Crippen LogP contribution in [0.1, 0.15) is 41.6 Å². The molecule has 0 unspecified atom stereocenters. The number of rotatable bonds is 7. The summed E-state index contributed by atoms with van der Waals surface area (Å²) in [5, 5.41) is 2.45. The van der Waals surface area contributed by atoms with E-state index in [1.165, 1.54) is 20.6 Å². The maximum atomic E-state index is 13.6. The number of halogens is 3. The number of pyridine rings is 1. The van der Waals surface area contributed by atoms with Gasteiger partial charge in [-0.3, -0.25) is 0 Å². The van der Waals surface area contributed by atoms with Crippen molar-refractivity contribution in [3.05, 3.63) is 53.7 Å². The number of anilines is 2. The number of aromatic nitrogens is 1. The first-order chi connectivity index (χ1) is 19.2. The minimum absolute atomic E-state index is 0.168. The second kappa shape index (κ2) is 11.7. The van der Waals surface area contributed by atoms with Crippen LogP contribution in [0.25, 0.3) is 5.52 Å². The molecule has 4 heterocycles. The van der Waals surface area contributed by atoms with Crippen LogP contribution in [0.5, 0.6) is 5.75 Å². The molecule has 2 N–H and O–H groups in total. The molecular formula is C29H31F3N4O3Se. The number of nitrogens with zero attached hydrogens (tertiary/aromatic N) is 2. The monoisotopic (exact) mass is 620 g/mol. The number of alkyl halides is 3. The van der Waals surface area contributed by atoms with Gasteiger partial charge in [0.15, 0.2) is 0 Å². The van der Waals surface area contributed by atoms with Gasteiger partial charge in [-0.1, -0.05) is 0 Å². The third-order valence-corrected chi connectivity index (χ3v) is 9.47. The second-order valence-corrected chi connectivity index (χ2v) is 12.2. The van der Waals surface area contributed by atoms with Crippen LogP contribution in [0, 0.1) is 11.8 Å². The third kappa shape index (κ3) is 5.90. The average molecular weight is 620 g/mol. The van der Waals surface area contributed by atoms with Crippen LogP contribution in [0.3, 0.4) is 0 Å². The van der Waals surface area contributed by atoms with Gasteiger partial charge in [0, 0.05) is 0 Å². The van der Waals surface area contributed by atoms with Gasteiger partial charge in [-0.15, -0.1) is 0 Å². The molecule has 7 nitrogen and oxygen atoms in total. The number of carbonyl (C=O) groups excluding carboxylic acids is 1. The van der Waals surface area contributed by atoms with Gasteiger partial charge in [0.25, 0.3) is 0 Å². The van der Waals surface area contributed by atoms with Gasteiger partial charge in [0.1, 0.15) is 0 Å². The number of likely N-dealkylation sites (N-methyl/N-ethyl adjacent to an activating group) is 1. The number of fused-ring (bicyclic) bond motifs is 3. The summed E-state index contributed by atoms with van der Waals surface area (Å²) < 4.78 is 52.8. The van der Waals surface area contributed by atoms with Crippen molar-refractivity contribution in [1.82, 2.24) is 9.30 Å². The molecule has 40 heavy (non-hydrogen) atoms. The fourth-order valence-corrected chi connectivity index (χ4v) is 7.23. The van der Waals surface area contributed by atoms with Crippen LogP contribution < -0.4 is 20.0 Å². The molecule has 0 amide bonds. The molecular weight excluding hydrogens is 588 g/mol. The van der Waals surface area contributed by atoms with E-state index >= 15 is 0 Å². The Balaban J connectivity index is 1.40. The number of carbonyl (C=O) groups is 1. The Kier molecular flexibility index (Phi) is 8.22. The first-order valence-corrected chi connectivity index (χ1v) is 14.8. The van der Waals surface area contributed by atoms with E-state index in [2.05, 4.69) is 34.4 Å². The Morgan fingerprint density at radius 3 is 2.67 bits per heavy atom. The molecule has 11 heteroatoms. The van der Waals surface area contributed by atoms with Crippen molar-refractivity contribution in [3.63, 3.8) is 0 Å². The predicted molar refractivity (Wildman–Crippen MR) is 150 cm³/mol. The van der Waals surface area contributed by atoms with E-state index in [1.54, 1.807) is 40.9 Å². The van der Waals surface area contributed by atoms with E-state index in [0.29, 0.717) is 40.2 Å². The Labute approximate surface area is 237 Å². The van der Waals surface area contributed by atoms with Crippen LogP contribution in [0.4, 0.5) is 24.5 Å². The zero-order valence-corrected chi connectivity index (χ0v) is 24.2. The molecule has 0 saturated carbocycles. The van der Waals surface area contributed by atoms with Crippen molar-refractivity contribution in [1.29, 1.82) is 0 Å². The summed E-state index contributed by atoms with van der Waals surface area (Å²) in [6, 6.07) is 11.6. The maximum absolute atomic E-state index is 13.6. The first kappa shape index (κ1) is 28.2. The molecule has 0 radical (unpaired) electrons. The van der Waals surface area contributed by atoms with Crippen molar-refractivity contribution < 1.29 is 27.4 Å². The van der Waals surface area contributed by atoms with Crippen molar-refractivity contribution >= 4 is 42.4 Å². The topological polar surface area (TPSA) is 67.2 Å². The molecule has 3 aromatic rings. The molecule has 3 atom stereocenters. The van der Waals surface area contributed by atoms with Gasteiger partial charge in [-0.2, -0.15) is 0 Å². The van der Waals surface area contributed by atoms with Crippen LogP contribution >= 0.6 is 0 Å². The fourth-order valence-electron chi connectivity index (χ4n) is 5.77. The minimum atomic E-state index is -4.32. The predicted octanol–water partition coefficient (Wildman–Crippen LogP) is 4.08. The number of piperidine rings is 1. The Morgan fingerprint density at radius 2 is 1.93 bits per heavy atom. The number of methoxy groups -OCH3 is 2. The van der Waals surface area contributed by atoms with Crippen LogP contribution in [-0.4, -0.2) is 81.2 Å². The third-order valence-electron chi connectivity index (χ3n) is 7.70. The Morgan fingerprint density at radius 1 is 1.12 bits per heavy atom. The van der Waals surface area contributed by atoms with E-state index < -0.39 is 26.0 Å². The van der Waals surface area contributed by atoms with Crippen LogP contribution in [0.15, 0.2) is 42.6 Å². The van der Waals surface area contributed by atoms with E-state index in [9.17, 15) is 18.0 Å². The summed E-state index contributed by atoms with van der Waals surface area (Å²) in [5.41, 5.74) is 2.83.